The Hall–Kier alpha value is -1.57. The average Bonchev–Trinajstić information content (AvgIpc) is 2.20. The highest BCUT2D eigenvalue weighted by Crippen LogP contribution is 2.30. The molecule has 0 fully saturated rings. The topological polar surface area (TPSA) is 85.3 Å². The van der Waals surface area contributed by atoms with E-state index in [1.165, 1.54) is 16.8 Å². The van der Waals surface area contributed by atoms with Crippen LogP contribution >= 0.6 is 22.6 Å². The van der Waals surface area contributed by atoms with Crippen molar-refractivity contribution in [3.63, 3.8) is 0 Å². The van der Waals surface area contributed by atoms with Gasteiger partial charge in [0.2, 0.25) is 0 Å². The van der Waals surface area contributed by atoms with E-state index in [2.05, 4.69) is 0 Å². The highest BCUT2D eigenvalue weighted by Gasteiger charge is 2.21. The second-order valence-electron chi connectivity index (χ2n) is 3.67. The molecule has 0 aromatic carbocycles. The molecule has 0 saturated carbocycles. The molecule has 0 radical (unpaired) electrons. The summed E-state index contributed by atoms with van der Waals surface area (Å²) in [4.78, 5) is 22.7. The molecule has 6 heteroatoms. The molecule has 1 heterocycles. The molecule has 17 heavy (non-hydrogen) atoms. The van der Waals surface area contributed by atoms with E-state index in [0.717, 1.165) is 0 Å². The van der Waals surface area contributed by atoms with Crippen molar-refractivity contribution in [2.75, 3.05) is 5.84 Å². The number of hydrogen-bond donors (Lipinski definition) is 2. The number of rotatable bonds is 1. The lowest BCUT2D eigenvalue weighted by molar-refractivity contribution is 0.0696. The van der Waals surface area contributed by atoms with Crippen molar-refractivity contribution in [1.29, 1.82) is 0 Å². The molecule has 0 aromatic heterocycles. The van der Waals surface area contributed by atoms with Crippen molar-refractivity contribution < 1.29 is 9.90 Å². The van der Waals surface area contributed by atoms with E-state index in [1.54, 1.807) is 13.1 Å². The highest BCUT2D eigenvalue weighted by molar-refractivity contribution is 14.1. The summed E-state index contributed by atoms with van der Waals surface area (Å²) in [7, 11) is 0. The summed E-state index contributed by atoms with van der Waals surface area (Å²) in [6.07, 6.45) is 1.62. The fraction of sp³-hybridized carbons (Fsp3) is 0.0909. The minimum atomic E-state index is -1.09. The van der Waals surface area contributed by atoms with Crippen molar-refractivity contribution >= 4 is 28.6 Å². The van der Waals surface area contributed by atoms with Crippen LogP contribution in [0, 0.1) is 10.5 Å². The summed E-state index contributed by atoms with van der Waals surface area (Å²) < 4.78 is 1.95. The van der Waals surface area contributed by atoms with Crippen LogP contribution in [0.1, 0.15) is 16.1 Å². The molecule has 0 aromatic rings. The Morgan fingerprint density at radius 2 is 2.06 bits per heavy atom. The Balaban J connectivity index is 3.01. The third-order valence-electron chi connectivity index (χ3n) is 2.60. The number of carbonyl (C=O) groups is 1. The van der Waals surface area contributed by atoms with Crippen molar-refractivity contribution in [1.82, 2.24) is 4.68 Å². The number of carboxylic acid groups (broad SMARTS) is 1. The zero-order chi connectivity index (χ0) is 12.7. The van der Waals surface area contributed by atoms with E-state index in [9.17, 15) is 14.7 Å². The summed E-state index contributed by atoms with van der Waals surface area (Å²) in [6.45, 7) is 1.60. The maximum atomic E-state index is 11.4. The van der Waals surface area contributed by atoms with Gasteiger partial charge in [0.25, 0.3) is 0 Å². The zero-order valence-corrected chi connectivity index (χ0v) is 11.1. The van der Waals surface area contributed by atoms with Crippen LogP contribution in [0.4, 0.5) is 0 Å². The second-order valence-corrected chi connectivity index (χ2v) is 4.83. The molecule has 0 saturated heterocycles. The molecule has 5 nitrogen and oxygen atoms in total. The maximum Gasteiger partial charge on any atom is 0.338 e. The van der Waals surface area contributed by atoms with Gasteiger partial charge in [-0.15, -0.1) is 0 Å². The molecule has 2 rings (SSSR count). The number of benzene rings is 1. The molecule has 1 aliphatic carbocycles. The number of pyridine rings is 1. The van der Waals surface area contributed by atoms with E-state index in [4.69, 9.17) is 5.84 Å². The van der Waals surface area contributed by atoms with Crippen molar-refractivity contribution in [2.24, 2.45) is 0 Å². The van der Waals surface area contributed by atoms with E-state index in [-0.39, 0.29) is 11.0 Å². The number of nitrogens with zero attached hydrogens (tertiary/aromatic N) is 1. The SMILES string of the molecule is Cc1c(C(=O)O)c2cc(=O)cc(I)c-2cn1N. The second kappa shape index (κ2) is 4.02. The van der Waals surface area contributed by atoms with Gasteiger partial charge in [-0.25, -0.2) is 4.79 Å². The standard InChI is InChI=1S/C11H9IN2O3/c1-5-10(11(16)17)7-2-6(15)3-9(12)8(7)4-14(5)13/h2-4H,13H2,1H3,(H,16,17). The summed E-state index contributed by atoms with van der Waals surface area (Å²) in [6, 6.07) is 2.78. The molecule has 0 spiro atoms. The molecule has 3 N–H and O–H groups in total. The van der Waals surface area contributed by atoms with E-state index in [0.29, 0.717) is 20.4 Å². The van der Waals surface area contributed by atoms with Gasteiger partial charge in [-0.1, -0.05) is 0 Å². The van der Waals surface area contributed by atoms with Crippen molar-refractivity contribution in [3.05, 3.63) is 43.4 Å². The van der Waals surface area contributed by atoms with Gasteiger partial charge in [0.15, 0.2) is 5.43 Å². The lowest BCUT2D eigenvalue weighted by atomic mass is 9.98. The van der Waals surface area contributed by atoms with E-state index in [1.807, 2.05) is 22.6 Å². The zero-order valence-electron chi connectivity index (χ0n) is 8.90. The van der Waals surface area contributed by atoms with Crippen LogP contribution in [0.5, 0.6) is 0 Å². The Morgan fingerprint density at radius 1 is 1.41 bits per heavy atom. The van der Waals surface area contributed by atoms with Crippen LogP contribution in [0.15, 0.2) is 23.1 Å². The largest absolute Gasteiger partial charge is 0.478 e. The van der Waals surface area contributed by atoms with Crippen LogP contribution in [0.3, 0.4) is 0 Å². The molecular formula is C11H9IN2O3. The Bertz CT molecular complexity index is 648. The maximum absolute atomic E-state index is 11.4. The van der Waals surface area contributed by atoms with E-state index >= 15 is 0 Å². The average molecular weight is 344 g/mol. The molecule has 0 unspecified atom stereocenters. The molecular weight excluding hydrogens is 335 g/mol. The molecule has 2 aliphatic rings. The van der Waals surface area contributed by atoms with Crippen LogP contribution in [0.25, 0.3) is 11.1 Å². The minimum Gasteiger partial charge on any atom is -0.478 e. The van der Waals surface area contributed by atoms with Crippen molar-refractivity contribution in [3.8, 4) is 11.1 Å². The fourth-order valence-corrected chi connectivity index (χ4v) is 2.50. The van der Waals surface area contributed by atoms with Gasteiger partial charge in [0, 0.05) is 20.9 Å². The Kier molecular flexibility index (Phi) is 2.82. The number of halogens is 1. The van der Waals surface area contributed by atoms with Gasteiger partial charge in [-0.05, 0) is 41.6 Å². The third kappa shape index (κ3) is 1.88. The molecule has 0 amide bonds. The van der Waals surface area contributed by atoms with Crippen molar-refractivity contribution in [2.45, 2.75) is 6.92 Å². The third-order valence-corrected chi connectivity index (χ3v) is 3.50. The Morgan fingerprint density at radius 3 is 2.65 bits per heavy atom. The first-order valence-corrected chi connectivity index (χ1v) is 5.83. The first kappa shape index (κ1) is 11.9. The summed E-state index contributed by atoms with van der Waals surface area (Å²) in [5, 5.41) is 9.20. The predicted molar refractivity (Wildman–Crippen MR) is 71.9 cm³/mol. The van der Waals surface area contributed by atoms with Crippen LogP contribution in [-0.4, -0.2) is 15.8 Å². The number of hydrogen-bond acceptors (Lipinski definition) is 3. The number of aromatic nitrogens is 1. The monoisotopic (exact) mass is 344 g/mol. The summed E-state index contributed by atoms with van der Waals surface area (Å²) in [5.74, 6) is 4.61. The number of fused-ring (bicyclic) bond motifs is 1. The Labute approximate surface area is 110 Å². The minimum absolute atomic E-state index is 0.0700. The highest BCUT2D eigenvalue weighted by atomic mass is 127. The lowest BCUT2D eigenvalue weighted by Gasteiger charge is -2.16. The molecule has 0 bridgehead atoms. The smallest absolute Gasteiger partial charge is 0.338 e. The van der Waals surface area contributed by atoms with Crippen LogP contribution in [-0.2, 0) is 0 Å². The predicted octanol–water partition coefficient (Wildman–Crippen LogP) is 1.28. The quantitative estimate of drug-likeness (QED) is 0.603. The van der Waals surface area contributed by atoms with Gasteiger partial charge < -0.3 is 10.9 Å². The first-order valence-electron chi connectivity index (χ1n) is 4.75. The van der Waals surface area contributed by atoms with Gasteiger partial charge in [-0.3, -0.25) is 9.47 Å². The number of carboxylic acids is 1. The van der Waals surface area contributed by atoms with Crippen LogP contribution in [0.2, 0.25) is 0 Å². The number of aromatic carboxylic acids is 1. The van der Waals surface area contributed by atoms with Crippen LogP contribution < -0.4 is 11.3 Å². The normalized spacial score (nSPS) is 10.7. The number of nitrogens with two attached hydrogens (primary N) is 1. The molecule has 1 aliphatic heterocycles. The van der Waals surface area contributed by atoms with E-state index < -0.39 is 5.97 Å². The van der Waals surface area contributed by atoms with Gasteiger partial charge >= 0.3 is 5.97 Å². The number of nitrogen functional groups attached to an aromatic ring is 1. The van der Waals surface area contributed by atoms with Gasteiger partial charge in [0.1, 0.15) is 0 Å². The lowest BCUT2D eigenvalue weighted by Crippen LogP contribution is -2.20. The summed E-state index contributed by atoms with van der Waals surface area (Å²) >= 11 is 1.99. The molecule has 0 atom stereocenters. The summed E-state index contributed by atoms with van der Waals surface area (Å²) in [5.41, 5.74) is 1.36. The first-order chi connectivity index (χ1) is 7.91. The fourth-order valence-electron chi connectivity index (χ4n) is 1.76. The van der Waals surface area contributed by atoms with Gasteiger partial charge in [-0.2, -0.15) is 0 Å². The molecule has 88 valence electrons. The van der Waals surface area contributed by atoms with Gasteiger partial charge in [0.05, 0.1) is 11.3 Å².